The molecule has 2 aromatic rings. The number of carbonyl (C=O) groups is 1. The Kier molecular flexibility index (Phi) is 4.18. The highest BCUT2D eigenvalue weighted by atomic mass is 16.6. The summed E-state index contributed by atoms with van der Waals surface area (Å²) in [6.07, 6.45) is 0. The molecular formula is C15H13NO5. The molecule has 0 N–H and O–H groups in total. The lowest BCUT2D eigenvalue weighted by atomic mass is 10.0. The van der Waals surface area contributed by atoms with Crippen LogP contribution in [0.4, 0.5) is 5.69 Å². The molecule has 108 valence electrons. The number of nitro benzene ring substituents is 1. The molecule has 0 spiro atoms. The monoisotopic (exact) mass is 287 g/mol. The topological polar surface area (TPSA) is 78.7 Å². The lowest BCUT2D eigenvalue weighted by Crippen LogP contribution is -2.05. The van der Waals surface area contributed by atoms with E-state index in [0.717, 1.165) is 0 Å². The fourth-order valence-electron chi connectivity index (χ4n) is 1.91. The molecule has 2 rings (SSSR count). The van der Waals surface area contributed by atoms with Gasteiger partial charge in [-0.05, 0) is 18.2 Å². The zero-order valence-electron chi connectivity index (χ0n) is 11.5. The molecule has 0 aliphatic carbocycles. The van der Waals surface area contributed by atoms with Crippen LogP contribution in [-0.4, -0.2) is 24.9 Å². The summed E-state index contributed by atoms with van der Waals surface area (Å²) in [7, 11) is 2.94. The number of ketones is 1. The van der Waals surface area contributed by atoms with E-state index >= 15 is 0 Å². The van der Waals surface area contributed by atoms with E-state index < -0.39 is 4.92 Å². The van der Waals surface area contributed by atoms with Gasteiger partial charge in [-0.25, -0.2) is 0 Å². The van der Waals surface area contributed by atoms with Gasteiger partial charge in [0.1, 0.15) is 11.5 Å². The predicted molar refractivity (Wildman–Crippen MR) is 76.1 cm³/mol. The zero-order chi connectivity index (χ0) is 15.4. The summed E-state index contributed by atoms with van der Waals surface area (Å²) in [5.41, 5.74) is 0.371. The third-order valence-corrected chi connectivity index (χ3v) is 2.97. The predicted octanol–water partition coefficient (Wildman–Crippen LogP) is 2.84. The van der Waals surface area contributed by atoms with E-state index in [9.17, 15) is 14.9 Å². The molecule has 0 bridgehead atoms. The number of hydrogen-bond acceptors (Lipinski definition) is 5. The fourth-order valence-corrected chi connectivity index (χ4v) is 1.91. The van der Waals surface area contributed by atoms with Crippen LogP contribution in [-0.2, 0) is 0 Å². The average molecular weight is 287 g/mol. The molecule has 2 aromatic carbocycles. The number of benzene rings is 2. The van der Waals surface area contributed by atoms with Crippen molar-refractivity contribution in [1.82, 2.24) is 0 Å². The zero-order valence-corrected chi connectivity index (χ0v) is 11.5. The van der Waals surface area contributed by atoms with Crippen LogP contribution in [0.5, 0.6) is 11.5 Å². The first kappa shape index (κ1) is 14.5. The molecule has 0 unspecified atom stereocenters. The summed E-state index contributed by atoms with van der Waals surface area (Å²) >= 11 is 0. The Morgan fingerprint density at radius 1 is 1.10 bits per heavy atom. The maximum atomic E-state index is 12.5. The second-order valence-corrected chi connectivity index (χ2v) is 4.20. The quantitative estimate of drug-likeness (QED) is 0.480. The molecule has 0 radical (unpaired) electrons. The van der Waals surface area contributed by atoms with Gasteiger partial charge in [-0.15, -0.1) is 0 Å². The van der Waals surface area contributed by atoms with Gasteiger partial charge in [0.15, 0.2) is 5.78 Å². The number of methoxy groups -OCH3 is 2. The van der Waals surface area contributed by atoms with Gasteiger partial charge in [0.2, 0.25) is 0 Å². The van der Waals surface area contributed by atoms with Gasteiger partial charge < -0.3 is 9.47 Å². The minimum atomic E-state index is -0.542. The van der Waals surface area contributed by atoms with Gasteiger partial charge in [0, 0.05) is 17.7 Å². The Morgan fingerprint density at radius 3 is 2.48 bits per heavy atom. The number of hydrogen-bond donors (Lipinski definition) is 0. The van der Waals surface area contributed by atoms with Crippen LogP contribution >= 0.6 is 0 Å². The SMILES string of the molecule is COc1ccc(OC)c(C(=O)c2cccc([N+](=O)[O-])c2)c1. The molecule has 0 saturated carbocycles. The first-order valence-corrected chi connectivity index (χ1v) is 6.08. The second-order valence-electron chi connectivity index (χ2n) is 4.20. The summed E-state index contributed by atoms with van der Waals surface area (Å²) in [4.78, 5) is 22.8. The fraction of sp³-hybridized carbons (Fsp3) is 0.133. The summed E-state index contributed by atoms with van der Waals surface area (Å²) in [5, 5.41) is 10.8. The van der Waals surface area contributed by atoms with Gasteiger partial charge in [-0.3, -0.25) is 14.9 Å². The molecule has 6 nitrogen and oxygen atoms in total. The normalized spacial score (nSPS) is 10.0. The molecule has 0 aliphatic heterocycles. The van der Waals surface area contributed by atoms with Crippen molar-refractivity contribution in [3.8, 4) is 11.5 Å². The number of rotatable bonds is 5. The summed E-state index contributed by atoms with van der Waals surface area (Å²) in [5.74, 6) is 0.520. The third kappa shape index (κ3) is 3.00. The highest BCUT2D eigenvalue weighted by Gasteiger charge is 2.18. The minimum Gasteiger partial charge on any atom is -0.497 e. The molecule has 6 heteroatoms. The highest BCUT2D eigenvalue weighted by molar-refractivity contribution is 6.11. The van der Waals surface area contributed by atoms with Crippen LogP contribution in [0.15, 0.2) is 42.5 Å². The Labute approximate surface area is 121 Å². The lowest BCUT2D eigenvalue weighted by Gasteiger charge is -2.09. The van der Waals surface area contributed by atoms with Gasteiger partial charge in [0.25, 0.3) is 5.69 Å². The van der Waals surface area contributed by atoms with Crippen LogP contribution in [0.25, 0.3) is 0 Å². The van der Waals surface area contributed by atoms with Crippen LogP contribution in [0.1, 0.15) is 15.9 Å². The Morgan fingerprint density at radius 2 is 1.86 bits per heavy atom. The van der Waals surface area contributed by atoms with Crippen LogP contribution < -0.4 is 9.47 Å². The number of nitrogens with zero attached hydrogens (tertiary/aromatic N) is 1. The summed E-state index contributed by atoms with van der Waals surface area (Å²) in [6, 6.07) is 10.4. The number of non-ortho nitro benzene ring substituents is 1. The Hall–Kier alpha value is -2.89. The maximum absolute atomic E-state index is 12.5. The second kappa shape index (κ2) is 6.04. The van der Waals surface area contributed by atoms with Gasteiger partial charge in [-0.2, -0.15) is 0 Å². The van der Waals surface area contributed by atoms with Crippen molar-refractivity contribution in [2.45, 2.75) is 0 Å². The molecule has 0 heterocycles. The van der Waals surface area contributed by atoms with Gasteiger partial charge in [-0.1, -0.05) is 12.1 Å². The van der Waals surface area contributed by atoms with E-state index in [4.69, 9.17) is 9.47 Å². The van der Waals surface area contributed by atoms with Gasteiger partial charge >= 0.3 is 0 Å². The molecule has 0 aromatic heterocycles. The van der Waals surface area contributed by atoms with Crippen molar-refractivity contribution in [2.75, 3.05) is 14.2 Å². The average Bonchev–Trinajstić information content (AvgIpc) is 2.53. The Bertz CT molecular complexity index is 696. The minimum absolute atomic E-state index is 0.136. The van der Waals surface area contributed by atoms with Crippen LogP contribution in [0.2, 0.25) is 0 Å². The van der Waals surface area contributed by atoms with Crippen molar-refractivity contribution in [2.24, 2.45) is 0 Å². The number of nitro groups is 1. The third-order valence-electron chi connectivity index (χ3n) is 2.97. The highest BCUT2D eigenvalue weighted by Crippen LogP contribution is 2.27. The van der Waals surface area contributed by atoms with E-state index in [1.807, 2.05) is 0 Å². The molecule has 21 heavy (non-hydrogen) atoms. The summed E-state index contributed by atoms with van der Waals surface area (Å²) in [6.45, 7) is 0. The lowest BCUT2D eigenvalue weighted by molar-refractivity contribution is -0.384. The van der Waals surface area contributed by atoms with E-state index in [0.29, 0.717) is 11.5 Å². The Balaban J connectivity index is 2.48. The van der Waals surface area contributed by atoms with Crippen molar-refractivity contribution in [1.29, 1.82) is 0 Å². The van der Waals surface area contributed by atoms with Crippen molar-refractivity contribution in [3.63, 3.8) is 0 Å². The number of carbonyl (C=O) groups excluding carboxylic acids is 1. The molecule has 0 saturated heterocycles. The molecule has 0 aliphatic rings. The standard InChI is InChI=1S/C15H13NO5/c1-20-12-6-7-14(21-2)13(9-12)15(17)10-4-3-5-11(8-10)16(18)19/h3-9H,1-2H3. The van der Waals surface area contributed by atoms with Crippen LogP contribution in [0, 0.1) is 10.1 Å². The van der Waals surface area contributed by atoms with E-state index in [1.165, 1.54) is 38.5 Å². The molecule has 0 atom stereocenters. The smallest absolute Gasteiger partial charge is 0.270 e. The van der Waals surface area contributed by atoms with Crippen molar-refractivity contribution >= 4 is 11.5 Å². The first-order valence-electron chi connectivity index (χ1n) is 6.08. The van der Waals surface area contributed by atoms with Crippen LogP contribution in [0.3, 0.4) is 0 Å². The first-order chi connectivity index (χ1) is 10.1. The largest absolute Gasteiger partial charge is 0.497 e. The van der Waals surface area contributed by atoms with Gasteiger partial charge in [0.05, 0.1) is 24.7 Å². The molecular weight excluding hydrogens is 274 g/mol. The number of ether oxygens (including phenoxy) is 2. The maximum Gasteiger partial charge on any atom is 0.270 e. The van der Waals surface area contributed by atoms with Crippen molar-refractivity contribution in [3.05, 3.63) is 63.7 Å². The van der Waals surface area contributed by atoms with Crippen molar-refractivity contribution < 1.29 is 19.2 Å². The summed E-state index contributed by atoms with van der Waals surface area (Å²) < 4.78 is 10.2. The molecule has 0 fully saturated rings. The van der Waals surface area contributed by atoms with E-state index in [2.05, 4.69) is 0 Å². The molecule has 0 amide bonds. The van der Waals surface area contributed by atoms with E-state index in [1.54, 1.807) is 18.2 Å². The van der Waals surface area contributed by atoms with E-state index in [-0.39, 0.29) is 22.6 Å².